The van der Waals surface area contributed by atoms with E-state index in [1.165, 1.54) is 0 Å². The smallest absolute Gasteiger partial charge is 0.235 e. The van der Waals surface area contributed by atoms with Crippen LogP contribution in [0.2, 0.25) is 0 Å². The summed E-state index contributed by atoms with van der Waals surface area (Å²) in [6, 6.07) is 0. The van der Waals surface area contributed by atoms with Gasteiger partial charge in [0.1, 0.15) is 5.75 Å². The highest BCUT2D eigenvalue weighted by Gasteiger charge is 2.18. The van der Waals surface area contributed by atoms with Crippen LogP contribution in [0.3, 0.4) is 0 Å². The first-order valence-electron chi connectivity index (χ1n) is 5.57. The zero-order chi connectivity index (χ0) is 13.3. The lowest BCUT2D eigenvalue weighted by Crippen LogP contribution is -2.34. The van der Waals surface area contributed by atoms with Crippen molar-refractivity contribution in [1.82, 2.24) is 5.32 Å². The van der Waals surface area contributed by atoms with Crippen LogP contribution in [-0.2, 0) is 19.4 Å². The van der Waals surface area contributed by atoms with Crippen LogP contribution in [0.5, 0.6) is 0 Å². The number of amides is 1. The van der Waals surface area contributed by atoms with Crippen molar-refractivity contribution >= 4 is 15.7 Å². The fourth-order valence-corrected chi connectivity index (χ4v) is 2.88. The molecule has 1 unspecified atom stereocenters. The van der Waals surface area contributed by atoms with E-state index in [0.29, 0.717) is 26.1 Å². The number of rotatable bonds is 9. The minimum Gasteiger partial charge on any atom is -0.385 e. The van der Waals surface area contributed by atoms with Crippen molar-refractivity contribution in [2.75, 3.05) is 38.3 Å². The maximum atomic E-state index is 11.6. The number of methoxy groups -OCH3 is 1. The number of hydrogen-bond donors (Lipinski definition) is 2. The van der Waals surface area contributed by atoms with Crippen LogP contribution >= 0.6 is 0 Å². The molecule has 0 saturated heterocycles. The summed E-state index contributed by atoms with van der Waals surface area (Å²) in [4.78, 5) is 11.3. The van der Waals surface area contributed by atoms with Gasteiger partial charge in [0.25, 0.3) is 0 Å². The van der Waals surface area contributed by atoms with Crippen LogP contribution in [0.15, 0.2) is 0 Å². The molecule has 0 aromatic heterocycles. The first-order valence-corrected chi connectivity index (χ1v) is 7.39. The topological polar surface area (TPSA) is 98.5 Å². The van der Waals surface area contributed by atoms with Gasteiger partial charge in [-0.15, -0.1) is 0 Å². The Labute approximate surface area is 103 Å². The highest BCUT2D eigenvalue weighted by atomic mass is 32.2. The normalized spacial score (nSPS) is 13.4. The largest absolute Gasteiger partial charge is 0.385 e. The Morgan fingerprint density at radius 3 is 2.65 bits per heavy atom. The van der Waals surface area contributed by atoms with Crippen LogP contribution in [0.1, 0.15) is 13.3 Å². The second kappa shape index (κ2) is 8.43. The molecule has 0 saturated carbocycles. The number of nitrogens with one attached hydrogen (secondary N) is 1. The third-order valence-corrected chi connectivity index (χ3v) is 3.92. The molecule has 0 aliphatic carbocycles. The highest BCUT2D eigenvalue weighted by Crippen LogP contribution is 2.00. The monoisotopic (exact) mass is 266 g/mol. The maximum absolute atomic E-state index is 11.6. The number of carbonyl (C=O) groups is 1. The summed E-state index contributed by atoms with van der Waals surface area (Å²) >= 11 is 0. The van der Waals surface area contributed by atoms with Crippen LogP contribution in [-0.4, -0.2) is 52.6 Å². The van der Waals surface area contributed by atoms with Gasteiger partial charge in [-0.05, 0) is 18.9 Å². The third-order valence-electron chi connectivity index (χ3n) is 2.14. The molecule has 7 heteroatoms. The zero-order valence-electron chi connectivity index (χ0n) is 10.4. The Hall–Kier alpha value is -0.660. The lowest BCUT2D eigenvalue weighted by Gasteiger charge is -2.09. The molecule has 0 radical (unpaired) electrons. The van der Waals surface area contributed by atoms with Crippen LogP contribution in [0, 0.1) is 5.92 Å². The minimum absolute atomic E-state index is 0.0466. The van der Waals surface area contributed by atoms with E-state index in [1.54, 1.807) is 14.0 Å². The number of nitrogens with two attached hydrogens (primary N) is 1. The third kappa shape index (κ3) is 9.08. The number of ether oxygens (including phenoxy) is 1. The SMILES string of the molecule is COCCCNC(=O)CS(=O)(=O)CC(C)CN. The lowest BCUT2D eigenvalue weighted by atomic mass is 10.2. The van der Waals surface area contributed by atoms with E-state index in [1.807, 2.05) is 0 Å². The van der Waals surface area contributed by atoms with Crippen molar-refractivity contribution in [3.8, 4) is 0 Å². The molecule has 0 heterocycles. The molecule has 6 nitrogen and oxygen atoms in total. The molecule has 0 spiro atoms. The van der Waals surface area contributed by atoms with E-state index in [0.717, 1.165) is 0 Å². The summed E-state index contributed by atoms with van der Waals surface area (Å²) in [6.45, 7) is 3.01. The van der Waals surface area contributed by atoms with Crippen molar-refractivity contribution in [3.63, 3.8) is 0 Å². The molecule has 0 aromatic rings. The highest BCUT2D eigenvalue weighted by molar-refractivity contribution is 7.92. The lowest BCUT2D eigenvalue weighted by molar-refractivity contribution is -0.118. The van der Waals surface area contributed by atoms with Gasteiger partial charge in [0.2, 0.25) is 5.91 Å². The van der Waals surface area contributed by atoms with Crippen molar-refractivity contribution < 1.29 is 17.9 Å². The summed E-state index contributed by atoms with van der Waals surface area (Å²) in [6.07, 6.45) is 0.668. The predicted octanol–water partition coefficient (Wildman–Crippen LogP) is -0.851. The van der Waals surface area contributed by atoms with Gasteiger partial charge in [0.05, 0.1) is 5.75 Å². The van der Waals surface area contributed by atoms with Gasteiger partial charge in [-0.1, -0.05) is 6.92 Å². The minimum atomic E-state index is -3.36. The van der Waals surface area contributed by atoms with E-state index in [9.17, 15) is 13.2 Å². The van der Waals surface area contributed by atoms with Gasteiger partial charge in [-0.2, -0.15) is 0 Å². The second-order valence-electron chi connectivity index (χ2n) is 4.09. The molecule has 1 atom stereocenters. The summed E-state index contributed by atoms with van der Waals surface area (Å²) in [5, 5.41) is 2.54. The van der Waals surface area contributed by atoms with Crippen molar-refractivity contribution in [1.29, 1.82) is 0 Å². The number of carbonyl (C=O) groups excluding carboxylic acids is 1. The van der Waals surface area contributed by atoms with Gasteiger partial charge in [-0.3, -0.25) is 4.79 Å². The Kier molecular flexibility index (Phi) is 8.11. The van der Waals surface area contributed by atoms with E-state index < -0.39 is 21.5 Å². The first kappa shape index (κ1) is 16.3. The molecule has 17 heavy (non-hydrogen) atoms. The molecule has 102 valence electrons. The molecular weight excluding hydrogens is 244 g/mol. The quantitative estimate of drug-likeness (QED) is 0.530. The molecule has 0 rings (SSSR count). The van der Waals surface area contributed by atoms with Gasteiger partial charge in [-0.25, -0.2) is 8.42 Å². The van der Waals surface area contributed by atoms with Crippen molar-refractivity contribution in [2.45, 2.75) is 13.3 Å². The van der Waals surface area contributed by atoms with Crippen LogP contribution in [0.4, 0.5) is 0 Å². The number of hydrogen-bond acceptors (Lipinski definition) is 5. The fraction of sp³-hybridized carbons (Fsp3) is 0.900. The molecular formula is C10H22N2O4S. The summed E-state index contributed by atoms with van der Waals surface area (Å²) in [5.41, 5.74) is 5.34. The van der Waals surface area contributed by atoms with E-state index in [4.69, 9.17) is 10.5 Å². The molecule has 3 N–H and O–H groups in total. The molecule has 0 aliphatic heterocycles. The van der Waals surface area contributed by atoms with Gasteiger partial charge >= 0.3 is 0 Å². The fourth-order valence-electron chi connectivity index (χ4n) is 1.26. The van der Waals surface area contributed by atoms with Crippen molar-refractivity contribution in [3.05, 3.63) is 0 Å². The second-order valence-corrected chi connectivity index (χ2v) is 6.20. The van der Waals surface area contributed by atoms with E-state index in [2.05, 4.69) is 5.32 Å². The summed E-state index contributed by atoms with van der Waals surface area (Å²) < 4.78 is 27.9. The van der Waals surface area contributed by atoms with E-state index >= 15 is 0 Å². The zero-order valence-corrected chi connectivity index (χ0v) is 11.3. The summed E-state index contributed by atoms with van der Waals surface area (Å²) in [5.74, 6) is -1.11. The molecule has 0 aliphatic rings. The Bertz CT molecular complexity index is 316. The predicted molar refractivity (Wildman–Crippen MR) is 66.4 cm³/mol. The van der Waals surface area contributed by atoms with Gasteiger partial charge in [0.15, 0.2) is 9.84 Å². The van der Waals surface area contributed by atoms with E-state index in [-0.39, 0.29) is 11.7 Å². The Morgan fingerprint density at radius 2 is 2.12 bits per heavy atom. The van der Waals surface area contributed by atoms with Crippen molar-refractivity contribution in [2.24, 2.45) is 11.7 Å². The summed E-state index contributed by atoms with van der Waals surface area (Å²) in [7, 11) is -1.79. The first-order chi connectivity index (χ1) is 7.91. The van der Waals surface area contributed by atoms with Gasteiger partial charge in [0, 0.05) is 20.3 Å². The maximum Gasteiger partial charge on any atom is 0.235 e. The Balaban J connectivity index is 3.93. The molecule has 1 amide bonds. The standard InChI is InChI=1S/C10H22N2O4S/c1-9(6-11)7-17(14,15)8-10(13)12-4-3-5-16-2/h9H,3-8,11H2,1-2H3,(H,12,13). The molecule has 0 fully saturated rings. The average molecular weight is 266 g/mol. The van der Waals surface area contributed by atoms with Crippen LogP contribution < -0.4 is 11.1 Å². The molecule has 0 aromatic carbocycles. The average Bonchev–Trinajstić information content (AvgIpc) is 2.22. The van der Waals surface area contributed by atoms with Gasteiger partial charge < -0.3 is 15.8 Å². The molecule has 0 bridgehead atoms. The number of sulfone groups is 1. The Morgan fingerprint density at radius 1 is 1.47 bits per heavy atom. The van der Waals surface area contributed by atoms with Crippen LogP contribution in [0.25, 0.3) is 0 Å².